The van der Waals surface area contributed by atoms with E-state index in [1.165, 1.54) is 0 Å². The third kappa shape index (κ3) is 4.46. The van der Waals surface area contributed by atoms with E-state index in [4.69, 9.17) is 10.5 Å². The molecule has 2 atom stereocenters. The highest BCUT2D eigenvalue weighted by Gasteiger charge is 2.22. The molecule has 21 heavy (non-hydrogen) atoms. The Labute approximate surface area is 127 Å². The van der Waals surface area contributed by atoms with Crippen LogP contribution in [0.15, 0.2) is 24.3 Å². The standard InChI is InChI=1S/C17H26N2O2/c1-13(10-14-6-3-4-8-16(14)21-2)11-17(20)19-9-5-7-15(18)12-19/h3-4,6,8,13,15H,5,7,9-12,18H2,1-2H3/t13-,15+/m0/s1. The minimum atomic E-state index is 0.146. The quantitative estimate of drug-likeness (QED) is 0.904. The molecule has 116 valence electrons. The monoisotopic (exact) mass is 290 g/mol. The molecule has 1 aromatic carbocycles. The van der Waals surface area contributed by atoms with Gasteiger partial charge in [0, 0.05) is 25.6 Å². The van der Waals surface area contributed by atoms with Gasteiger partial charge in [-0.25, -0.2) is 0 Å². The van der Waals surface area contributed by atoms with Crippen molar-refractivity contribution in [2.75, 3.05) is 20.2 Å². The second kappa shape index (κ2) is 7.46. The molecule has 0 radical (unpaired) electrons. The van der Waals surface area contributed by atoms with E-state index in [1.54, 1.807) is 7.11 Å². The van der Waals surface area contributed by atoms with Gasteiger partial charge in [-0.2, -0.15) is 0 Å². The molecule has 1 aliphatic rings. The number of nitrogens with zero attached hydrogens (tertiary/aromatic N) is 1. The third-order valence-corrected chi connectivity index (χ3v) is 4.09. The van der Waals surface area contributed by atoms with Gasteiger partial charge in [-0.05, 0) is 36.8 Å². The average molecular weight is 290 g/mol. The molecule has 2 N–H and O–H groups in total. The molecule has 0 spiro atoms. The predicted molar refractivity (Wildman–Crippen MR) is 84.3 cm³/mol. The fourth-order valence-corrected chi connectivity index (χ4v) is 2.98. The second-order valence-corrected chi connectivity index (χ2v) is 6.07. The zero-order valence-corrected chi connectivity index (χ0v) is 13.0. The molecular weight excluding hydrogens is 264 g/mol. The van der Waals surface area contributed by atoms with Crippen molar-refractivity contribution in [1.29, 1.82) is 0 Å². The molecule has 0 unspecified atom stereocenters. The van der Waals surface area contributed by atoms with E-state index in [-0.39, 0.29) is 11.9 Å². The maximum Gasteiger partial charge on any atom is 0.222 e. The van der Waals surface area contributed by atoms with Gasteiger partial charge in [0.1, 0.15) is 5.75 Å². The zero-order chi connectivity index (χ0) is 15.2. The average Bonchev–Trinajstić information content (AvgIpc) is 2.47. The first-order chi connectivity index (χ1) is 10.1. The van der Waals surface area contributed by atoms with Gasteiger partial charge in [-0.3, -0.25) is 4.79 Å². The van der Waals surface area contributed by atoms with E-state index in [0.29, 0.717) is 18.9 Å². The number of carbonyl (C=O) groups excluding carboxylic acids is 1. The first-order valence-electron chi connectivity index (χ1n) is 7.75. The molecule has 1 fully saturated rings. The van der Waals surface area contributed by atoms with Gasteiger partial charge in [0.25, 0.3) is 0 Å². The molecule has 4 nitrogen and oxygen atoms in total. The number of para-hydroxylation sites is 1. The van der Waals surface area contributed by atoms with Crippen LogP contribution in [0.4, 0.5) is 0 Å². The van der Waals surface area contributed by atoms with Crippen LogP contribution in [0.25, 0.3) is 0 Å². The zero-order valence-electron chi connectivity index (χ0n) is 13.0. The highest BCUT2D eigenvalue weighted by molar-refractivity contribution is 5.76. The van der Waals surface area contributed by atoms with E-state index in [1.807, 2.05) is 23.1 Å². The van der Waals surface area contributed by atoms with Gasteiger partial charge in [0.15, 0.2) is 0 Å². The van der Waals surface area contributed by atoms with Crippen LogP contribution in [0.5, 0.6) is 5.75 Å². The number of benzene rings is 1. The number of amides is 1. The number of hydrogen-bond acceptors (Lipinski definition) is 3. The first-order valence-corrected chi connectivity index (χ1v) is 7.75. The van der Waals surface area contributed by atoms with Crippen molar-refractivity contribution in [3.63, 3.8) is 0 Å². The number of nitrogens with two attached hydrogens (primary N) is 1. The Morgan fingerprint density at radius 2 is 2.24 bits per heavy atom. The van der Waals surface area contributed by atoms with Crippen molar-refractivity contribution in [3.05, 3.63) is 29.8 Å². The summed E-state index contributed by atoms with van der Waals surface area (Å²) < 4.78 is 5.37. The van der Waals surface area contributed by atoms with Crippen LogP contribution in [0.1, 0.15) is 31.7 Å². The van der Waals surface area contributed by atoms with Gasteiger partial charge in [-0.1, -0.05) is 25.1 Å². The fraction of sp³-hybridized carbons (Fsp3) is 0.588. The number of likely N-dealkylation sites (tertiary alicyclic amines) is 1. The third-order valence-electron chi connectivity index (χ3n) is 4.09. The van der Waals surface area contributed by atoms with Crippen molar-refractivity contribution < 1.29 is 9.53 Å². The van der Waals surface area contributed by atoms with Gasteiger partial charge in [-0.15, -0.1) is 0 Å². The lowest BCUT2D eigenvalue weighted by molar-refractivity contribution is -0.133. The van der Waals surface area contributed by atoms with E-state index in [9.17, 15) is 4.79 Å². The van der Waals surface area contributed by atoms with Gasteiger partial charge >= 0.3 is 0 Å². The Hall–Kier alpha value is -1.55. The van der Waals surface area contributed by atoms with E-state index in [0.717, 1.165) is 37.1 Å². The van der Waals surface area contributed by atoms with E-state index < -0.39 is 0 Å². The van der Waals surface area contributed by atoms with Crippen LogP contribution in [0.2, 0.25) is 0 Å². The van der Waals surface area contributed by atoms with Crippen molar-refractivity contribution in [2.45, 2.75) is 38.6 Å². The van der Waals surface area contributed by atoms with Crippen molar-refractivity contribution in [3.8, 4) is 5.75 Å². The number of ether oxygens (including phenoxy) is 1. The minimum absolute atomic E-state index is 0.146. The molecule has 1 saturated heterocycles. The van der Waals surface area contributed by atoms with Crippen LogP contribution in [0.3, 0.4) is 0 Å². The van der Waals surface area contributed by atoms with E-state index in [2.05, 4.69) is 13.0 Å². The fourth-order valence-electron chi connectivity index (χ4n) is 2.98. The van der Waals surface area contributed by atoms with Crippen LogP contribution in [-0.2, 0) is 11.2 Å². The highest BCUT2D eigenvalue weighted by atomic mass is 16.5. The lowest BCUT2D eigenvalue weighted by atomic mass is 9.96. The summed E-state index contributed by atoms with van der Waals surface area (Å²) in [5, 5.41) is 0. The molecule has 1 heterocycles. The highest BCUT2D eigenvalue weighted by Crippen LogP contribution is 2.23. The molecule has 2 rings (SSSR count). The Balaban J connectivity index is 1.89. The smallest absolute Gasteiger partial charge is 0.222 e. The molecule has 4 heteroatoms. The summed E-state index contributed by atoms with van der Waals surface area (Å²) >= 11 is 0. The molecular formula is C17H26N2O2. The van der Waals surface area contributed by atoms with Crippen LogP contribution >= 0.6 is 0 Å². The Morgan fingerprint density at radius 3 is 2.95 bits per heavy atom. The summed E-state index contributed by atoms with van der Waals surface area (Å²) in [7, 11) is 1.68. The molecule has 1 aliphatic heterocycles. The second-order valence-electron chi connectivity index (χ2n) is 6.07. The first kappa shape index (κ1) is 15.8. The normalized spacial score (nSPS) is 20.1. The van der Waals surface area contributed by atoms with Crippen LogP contribution in [-0.4, -0.2) is 37.0 Å². The molecule has 0 aliphatic carbocycles. The van der Waals surface area contributed by atoms with Crippen molar-refractivity contribution in [1.82, 2.24) is 4.90 Å². The molecule has 1 amide bonds. The Kier molecular flexibility index (Phi) is 5.62. The number of rotatable bonds is 5. The Morgan fingerprint density at radius 1 is 1.48 bits per heavy atom. The minimum Gasteiger partial charge on any atom is -0.496 e. The summed E-state index contributed by atoms with van der Waals surface area (Å²) in [5.74, 6) is 1.43. The number of hydrogen-bond donors (Lipinski definition) is 1. The van der Waals surface area contributed by atoms with Crippen molar-refractivity contribution in [2.24, 2.45) is 11.7 Å². The maximum absolute atomic E-state index is 12.3. The summed E-state index contributed by atoms with van der Waals surface area (Å²) in [5.41, 5.74) is 7.11. The van der Waals surface area contributed by atoms with Crippen LogP contribution in [0, 0.1) is 5.92 Å². The topological polar surface area (TPSA) is 55.6 Å². The van der Waals surface area contributed by atoms with E-state index >= 15 is 0 Å². The number of methoxy groups -OCH3 is 1. The number of piperidine rings is 1. The molecule has 0 aromatic heterocycles. The lowest BCUT2D eigenvalue weighted by Crippen LogP contribution is -2.46. The molecule has 0 bridgehead atoms. The maximum atomic E-state index is 12.3. The largest absolute Gasteiger partial charge is 0.496 e. The summed E-state index contributed by atoms with van der Waals surface area (Å²) in [4.78, 5) is 14.3. The Bertz CT molecular complexity index is 476. The SMILES string of the molecule is COc1ccccc1C[C@H](C)CC(=O)N1CCC[C@@H](N)C1. The summed E-state index contributed by atoms with van der Waals surface area (Å²) in [6, 6.07) is 8.15. The van der Waals surface area contributed by atoms with Gasteiger partial charge in [0.05, 0.1) is 7.11 Å². The van der Waals surface area contributed by atoms with Gasteiger partial charge < -0.3 is 15.4 Å². The summed E-state index contributed by atoms with van der Waals surface area (Å²) in [6.07, 6.45) is 3.48. The molecule has 1 aromatic rings. The predicted octanol–water partition coefficient (Wildman–Crippen LogP) is 2.21. The van der Waals surface area contributed by atoms with Crippen LogP contribution < -0.4 is 10.5 Å². The van der Waals surface area contributed by atoms with Crippen molar-refractivity contribution >= 4 is 5.91 Å². The van der Waals surface area contributed by atoms with Gasteiger partial charge in [0.2, 0.25) is 5.91 Å². The summed E-state index contributed by atoms with van der Waals surface area (Å²) in [6.45, 7) is 3.68. The molecule has 0 saturated carbocycles. The number of carbonyl (C=O) groups is 1. The lowest BCUT2D eigenvalue weighted by Gasteiger charge is -2.31.